The summed E-state index contributed by atoms with van der Waals surface area (Å²) in [7, 11) is 0. The second-order valence-corrected chi connectivity index (χ2v) is 6.55. The summed E-state index contributed by atoms with van der Waals surface area (Å²) in [5.74, 6) is 0.748. The number of hydrogen-bond acceptors (Lipinski definition) is 2. The van der Waals surface area contributed by atoms with Crippen LogP contribution in [0.4, 0.5) is 0 Å². The van der Waals surface area contributed by atoms with Crippen LogP contribution in [-0.2, 0) is 0 Å². The largest absolute Gasteiger partial charge is 0.326 e. The first-order chi connectivity index (χ1) is 6.80. The first kappa shape index (κ1) is 13.0. The van der Waals surface area contributed by atoms with Gasteiger partial charge < -0.3 is 5.73 Å². The van der Waals surface area contributed by atoms with Gasteiger partial charge in [0.05, 0.1) is 0 Å². The quantitative estimate of drug-likeness (QED) is 0.758. The van der Waals surface area contributed by atoms with E-state index in [2.05, 4.69) is 39.5 Å². The van der Waals surface area contributed by atoms with Crippen LogP contribution in [-0.4, -0.2) is 30.1 Å². The second kappa shape index (κ2) is 4.84. The summed E-state index contributed by atoms with van der Waals surface area (Å²) in [6.45, 7) is 13.5. The molecular weight excluding hydrogens is 184 g/mol. The van der Waals surface area contributed by atoms with Gasteiger partial charge in [-0.05, 0) is 24.2 Å². The van der Waals surface area contributed by atoms with E-state index in [-0.39, 0.29) is 11.5 Å². The Balaban J connectivity index is 2.43. The van der Waals surface area contributed by atoms with Gasteiger partial charge in [0, 0.05) is 25.2 Å². The molecule has 15 heavy (non-hydrogen) atoms. The van der Waals surface area contributed by atoms with Crippen molar-refractivity contribution < 1.29 is 0 Å². The lowest BCUT2D eigenvalue weighted by atomic mass is 9.87. The first-order valence-corrected chi connectivity index (χ1v) is 6.30. The molecule has 2 heteroatoms. The van der Waals surface area contributed by atoms with Gasteiger partial charge in [-0.25, -0.2) is 0 Å². The average Bonchev–Trinajstić information content (AvgIpc) is 2.81. The predicted molar refractivity (Wildman–Crippen MR) is 66.9 cm³/mol. The zero-order chi connectivity index (χ0) is 11.6. The van der Waals surface area contributed by atoms with Crippen molar-refractivity contribution in [3.63, 3.8) is 0 Å². The Kier molecular flexibility index (Phi) is 4.19. The normalized spacial score (nSPS) is 20.0. The molecule has 1 aliphatic carbocycles. The van der Waals surface area contributed by atoms with Crippen molar-refractivity contribution in [2.24, 2.45) is 17.1 Å². The van der Waals surface area contributed by atoms with Crippen molar-refractivity contribution >= 4 is 0 Å². The molecule has 0 aromatic heterocycles. The average molecular weight is 212 g/mol. The van der Waals surface area contributed by atoms with Gasteiger partial charge in [0.1, 0.15) is 0 Å². The molecule has 1 atom stereocenters. The molecular formula is C13H28N2. The standard InChI is InChI=1S/C13H28N2/c1-10(2)8-15(11-6-7-11)9-12(14)13(3,4)5/h10-12H,6-9,14H2,1-5H3. The smallest absolute Gasteiger partial charge is 0.0217 e. The van der Waals surface area contributed by atoms with Crippen molar-refractivity contribution in [1.29, 1.82) is 0 Å². The van der Waals surface area contributed by atoms with Gasteiger partial charge in [0.2, 0.25) is 0 Å². The van der Waals surface area contributed by atoms with Crippen LogP contribution < -0.4 is 5.73 Å². The van der Waals surface area contributed by atoms with Gasteiger partial charge in [-0.1, -0.05) is 34.6 Å². The zero-order valence-electron chi connectivity index (χ0n) is 11.1. The molecule has 1 rings (SSSR count). The lowest BCUT2D eigenvalue weighted by Crippen LogP contribution is -2.47. The zero-order valence-corrected chi connectivity index (χ0v) is 11.1. The van der Waals surface area contributed by atoms with Gasteiger partial charge >= 0.3 is 0 Å². The minimum absolute atomic E-state index is 0.226. The fourth-order valence-corrected chi connectivity index (χ4v) is 1.81. The minimum Gasteiger partial charge on any atom is -0.326 e. The van der Waals surface area contributed by atoms with Crippen molar-refractivity contribution in [1.82, 2.24) is 4.90 Å². The molecule has 0 aromatic rings. The summed E-state index contributed by atoms with van der Waals surface area (Å²) in [5.41, 5.74) is 6.48. The molecule has 0 radical (unpaired) electrons. The molecule has 0 heterocycles. The molecule has 0 amide bonds. The Morgan fingerprint density at radius 1 is 1.20 bits per heavy atom. The molecule has 1 saturated carbocycles. The fraction of sp³-hybridized carbons (Fsp3) is 1.00. The summed E-state index contributed by atoms with van der Waals surface area (Å²) in [6.07, 6.45) is 2.76. The number of rotatable bonds is 5. The third-order valence-electron chi connectivity index (χ3n) is 3.21. The Morgan fingerprint density at radius 3 is 2.07 bits per heavy atom. The maximum atomic E-state index is 6.25. The molecule has 0 aliphatic heterocycles. The molecule has 2 nitrogen and oxygen atoms in total. The number of nitrogens with zero attached hydrogens (tertiary/aromatic N) is 1. The summed E-state index contributed by atoms with van der Waals surface area (Å²) in [5, 5.41) is 0. The molecule has 90 valence electrons. The van der Waals surface area contributed by atoms with E-state index in [0.29, 0.717) is 0 Å². The van der Waals surface area contributed by atoms with Crippen molar-refractivity contribution in [3.8, 4) is 0 Å². The maximum Gasteiger partial charge on any atom is 0.0217 e. The molecule has 0 bridgehead atoms. The number of nitrogens with two attached hydrogens (primary N) is 1. The highest BCUT2D eigenvalue weighted by molar-refractivity contribution is 4.89. The van der Waals surface area contributed by atoms with Crippen LogP contribution >= 0.6 is 0 Å². The molecule has 0 saturated heterocycles. The third-order valence-corrected chi connectivity index (χ3v) is 3.21. The molecule has 1 fully saturated rings. The van der Waals surface area contributed by atoms with Crippen LogP contribution in [0.1, 0.15) is 47.5 Å². The molecule has 1 aliphatic rings. The van der Waals surface area contributed by atoms with Crippen molar-refractivity contribution in [3.05, 3.63) is 0 Å². The van der Waals surface area contributed by atoms with Crippen LogP contribution in [0.15, 0.2) is 0 Å². The Labute approximate surface area is 95.2 Å². The van der Waals surface area contributed by atoms with Gasteiger partial charge in [-0.15, -0.1) is 0 Å². The van der Waals surface area contributed by atoms with Crippen LogP contribution in [0.5, 0.6) is 0 Å². The lowest BCUT2D eigenvalue weighted by Gasteiger charge is -2.33. The summed E-state index contributed by atoms with van der Waals surface area (Å²) in [4.78, 5) is 2.60. The van der Waals surface area contributed by atoms with Crippen molar-refractivity contribution in [2.45, 2.75) is 59.5 Å². The Hall–Kier alpha value is -0.0800. The highest BCUT2D eigenvalue weighted by atomic mass is 15.2. The maximum absolute atomic E-state index is 6.25. The Morgan fingerprint density at radius 2 is 1.73 bits per heavy atom. The van der Waals surface area contributed by atoms with E-state index in [1.165, 1.54) is 19.4 Å². The first-order valence-electron chi connectivity index (χ1n) is 6.30. The van der Waals surface area contributed by atoms with Gasteiger partial charge in [-0.3, -0.25) is 4.90 Å². The SMILES string of the molecule is CC(C)CN(CC(N)C(C)(C)C)C1CC1. The van der Waals surface area contributed by atoms with E-state index in [0.717, 1.165) is 18.5 Å². The van der Waals surface area contributed by atoms with Crippen LogP contribution in [0.2, 0.25) is 0 Å². The van der Waals surface area contributed by atoms with E-state index in [1.807, 2.05) is 0 Å². The lowest BCUT2D eigenvalue weighted by molar-refractivity contribution is 0.176. The van der Waals surface area contributed by atoms with E-state index in [9.17, 15) is 0 Å². The molecule has 0 spiro atoms. The number of hydrogen-bond donors (Lipinski definition) is 1. The highest BCUT2D eigenvalue weighted by Gasteiger charge is 2.32. The Bertz CT molecular complexity index is 189. The summed E-state index contributed by atoms with van der Waals surface area (Å²) < 4.78 is 0. The fourth-order valence-electron chi connectivity index (χ4n) is 1.81. The van der Waals surface area contributed by atoms with E-state index in [1.54, 1.807) is 0 Å². The third kappa shape index (κ3) is 4.52. The molecule has 1 unspecified atom stereocenters. The van der Waals surface area contributed by atoms with Gasteiger partial charge in [-0.2, -0.15) is 0 Å². The van der Waals surface area contributed by atoms with Gasteiger partial charge in [0.25, 0.3) is 0 Å². The van der Waals surface area contributed by atoms with Crippen LogP contribution in [0, 0.1) is 11.3 Å². The van der Waals surface area contributed by atoms with E-state index in [4.69, 9.17) is 5.73 Å². The second-order valence-electron chi connectivity index (χ2n) is 6.55. The van der Waals surface area contributed by atoms with E-state index < -0.39 is 0 Å². The minimum atomic E-state index is 0.226. The summed E-state index contributed by atoms with van der Waals surface area (Å²) in [6, 6.07) is 1.12. The highest BCUT2D eigenvalue weighted by Crippen LogP contribution is 2.29. The predicted octanol–water partition coefficient (Wildman–Crippen LogP) is 2.48. The van der Waals surface area contributed by atoms with Crippen molar-refractivity contribution in [2.75, 3.05) is 13.1 Å². The van der Waals surface area contributed by atoms with Gasteiger partial charge in [0.15, 0.2) is 0 Å². The topological polar surface area (TPSA) is 29.3 Å². The molecule has 0 aromatic carbocycles. The molecule has 2 N–H and O–H groups in total. The monoisotopic (exact) mass is 212 g/mol. The van der Waals surface area contributed by atoms with Crippen LogP contribution in [0.3, 0.4) is 0 Å². The van der Waals surface area contributed by atoms with Crippen LogP contribution in [0.25, 0.3) is 0 Å². The van der Waals surface area contributed by atoms with E-state index >= 15 is 0 Å². The summed E-state index contributed by atoms with van der Waals surface area (Å²) >= 11 is 0.